The molecule has 0 radical (unpaired) electrons. The predicted octanol–water partition coefficient (Wildman–Crippen LogP) is 1.78. The molecule has 17 heavy (non-hydrogen) atoms. The Bertz CT molecular complexity index is 338. The maximum absolute atomic E-state index is 4.90. The monoisotopic (exact) mass is 235 g/mol. The molecule has 1 aromatic heterocycles. The van der Waals surface area contributed by atoms with Gasteiger partial charge in [0.05, 0.1) is 5.69 Å². The molecule has 2 aliphatic rings. The summed E-state index contributed by atoms with van der Waals surface area (Å²) in [5, 5.41) is 7.77. The lowest BCUT2D eigenvalue weighted by atomic mass is 9.80. The van der Waals surface area contributed by atoms with Gasteiger partial charge in [-0.1, -0.05) is 24.4 Å². The summed E-state index contributed by atoms with van der Waals surface area (Å²) in [6, 6.07) is 1.97. The Morgan fingerprint density at radius 1 is 1.35 bits per heavy atom. The summed E-state index contributed by atoms with van der Waals surface area (Å²) in [7, 11) is 0. The van der Waals surface area contributed by atoms with E-state index >= 15 is 0 Å². The minimum Gasteiger partial charge on any atom is -0.364 e. The second-order valence-corrected chi connectivity index (χ2v) is 5.47. The van der Waals surface area contributed by atoms with Gasteiger partial charge in [-0.2, -0.15) is 0 Å². The number of hydrogen-bond donors (Lipinski definition) is 1. The number of nitrogens with one attached hydrogen (secondary N) is 1. The van der Waals surface area contributed by atoms with Crippen LogP contribution in [-0.2, 0) is 6.54 Å². The summed E-state index contributed by atoms with van der Waals surface area (Å²) in [5.74, 6) is 0. The molecule has 1 aliphatic heterocycles. The van der Waals surface area contributed by atoms with E-state index in [1.54, 1.807) is 6.26 Å². The number of aromatic nitrogens is 1. The van der Waals surface area contributed by atoms with Crippen molar-refractivity contribution in [3.05, 3.63) is 18.0 Å². The van der Waals surface area contributed by atoms with E-state index in [9.17, 15) is 0 Å². The van der Waals surface area contributed by atoms with E-state index in [-0.39, 0.29) is 0 Å². The molecule has 1 saturated heterocycles. The summed E-state index contributed by atoms with van der Waals surface area (Å²) in [6.45, 7) is 4.33. The van der Waals surface area contributed by atoms with Crippen LogP contribution in [0.4, 0.5) is 0 Å². The lowest BCUT2D eigenvalue weighted by molar-refractivity contribution is 0.0928. The number of nitrogens with zero attached hydrogens (tertiary/aromatic N) is 2. The summed E-state index contributed by atoms with van der Waals surface area (Å²) < 4.78 is 4.90. The average molecular weight is 235 g/mol. The molecule has 1 aliphatic carbocycles. The van der Waals surface area contributed by atoms with Crippen LogP contribution < -0.4 is 5.32 Å². The van der Waals surface area contributed by atoms with Gasteiger partial charge in [-0.05, 0) is 12.8 Å². The minimum atomic E-state index is 0.389. The largest absolute Gasteiger partial charge is 0.364 e. The quantitative estimate of drug-likeness (QED) is 0.848. The summed E-state index contributed by atoms with van der Waals surface area (Å²) >= 11 is 0. The third-order valence-corrected chi connectivity index (χ3v) is 4.14. The zero-order valence-corrected chi connectivity index (χ0v) is 10.3. The molecule has 0 bridgehead atoms. The molecule has 0 unspecified atom stereocenters. The van der Waals surface area contributed by atoms with Crippen LogP contribution in [0.25, 0.3) is 0 Å². The van der Waals surface area contributed by atoms with E-state index in [0.717, 1.165) is 25.3 Å². The van der Waals surface area contributed by atoms with Gasteiger partial charge in [0.1, 0.15) is 6.26 Å². The molecule has 0 aromatic carbocycles. The number of piperazine rings is 1. The molecule has 1 saturated carbocycles. The first-order chi connectivity index (χ1) is 8.36. The highest BCUT2D eigenvalue weighted by Crippen LogP contribution is 2.30. The molecule has 2 heterocycles. The van der Waals surface area contributed by atoms with Crippen molar-refractivity contribution < 1.29 is 4.52 Å². The minimum absolute atomic E-state index is 0.389. The number of hydrogen-bond acceptors (Lipinski definition) is 4. The number of rotatable bonds is 2. The Hall–Kier alpha value is -0.870. The SMILES string of the molecule is c1cc(CN2CCNC3(CCCCC3)C2)no1. The van der Waals surface area contributed by atoms with E-state index < -0.39 is 0 Å². The van der Waals surface area contributed by atoms with Crippen LogP contribution in [-0.4, -0.2) is 35.2 Å². The highest BCUT2D eigenvalue weighted by Gasteiger charge is 2.36. The fraction of sp³-hybridized carbons (Fsp3) is 0.769. The fourth-order valence-corrected chi connectivity index (χ4v) is 3.29. The molecule has 1 aromatic rings. The molecule has 94 valence electrons. The van der Waals surface area contributed by atoms with E-state index in [1.165, 1.54) is 38.6 Å². The summed E-state index contributed by atoms with van der Waals surface area (Å²) in [6.07, 6.45) is 8.50. The fourth-order valence-electron chi connectivity index (χ4n) is 3.29. The Kier molecular flexibility index (Phi) is 3.16. The van der Waals surface area contributed by atoms with Crippen molar-refractivity contribution in [1.82, 2.24) is 15.4 Å². The Morgan fingerprint density at radius 2 is 2.24 bits per heavy atom. The van der Waals surface area contributed by atoms with Gasteiger partial charge >= 0.3 is 0 Å². The van der Waals surface area contributed by atoms with Crippen molar-refractivity contribution in [3.8, 4) is 0 Å². The smallest absolute Gasteiger partial charge is 0.124 e. The van der Waals surface area contributed by atoms with Crippen LogP contribution in [0, 0.1) is 0 Å². The molecule has 4 nitrogen and oxygen atoms in total. The topological polar surface area (TPSA) is 41.3 Å². The van der Waals surface area contributed by atoms with E-state index in [1.807, 2.05) is 6.07 Å². The Balaban J connectivity index is 1.62. The van der Waals surface area contributed by atoms with Crippen molar-refractivity contribution in [2.45, 2.75) is 44.2 Å². The summed E-state index contributed by atoms with van der Waals surface area (Å²) in [4.78, 5) is 2.51. The first-order valence-electron chi connectivity index (χ1n) is 6.73. The Morgan fingerprint density at radius 3 is 3.00 bits per heavy atom. The highest BCUT2D eigenvalue weighted by molar-refractivity contribution is 5.00. The van der Waals surface area contributed by atoms with E-state index in [0.29, 0.717) is 5.54 Å². The third-order valence-electron chi connectivity index (χ3n) is 4.14. The van der Waals surface area contributed by atoms with Gasteiger partial charge in [0, 0.05) is 37.8 Å². The van der Waals surface area contributed by atoms with Crippen LogP contribution in [0.15, 0.2) is 16.9 Å². The van der Waals surface area contributed by atoms with Gasteiger partial charge in [-0.15, -0.1) is 0 Å². The molecule has 2 fully saturated rings. The zero-order chi connectivity index (χ0) is 11.6. The second kappa shape index (κ2) is 4.78. The molecule has 0 amide bonds. The average Bonchev–Trinajstić information content (AvgIpc) is 2.83. The lowest BCUT2D eigenvalue weighted by Crippen LogP contribution is -2.60. The highest BCUT2D eigenvalue weighted by atomic mass is 16.5. The van der Waals surface area contributed by atoms with Gasteiger partial charge in [0.2, 0.25) is 0 Å². The molecule has 0 atom stereocenters. The van der Waals surface area contributed by atoms with Gasteiger partial charge in [0.25, 0.3) is 0 Å². The standard InChI is InChI=1S/C13H21N3O/c1-2-5-13(6-3-1)11-16(8-7-14-13)10-12-4-9-17-15-12/h4,9,14H,1-3,5-8,10-11H2. The molecular weight excluding hydrogens is 214 g/mol. The van der Waals surface area contributed by atoms with Crippen LogP contribution >= 0.6 is 0 Å². The van der Waals surface area contributed by atoms with Crippen molar-refractivity contribution in [2.75, 3.05) is 19.6 Å². The maximum atomic E-state index is 4.90. The van der Waals surface area contributed by atoms with Gasteiger partial charge in [-0.3, -0.25) is 4.90 Å². The zero-order valence-electron chi connectivity index (χ0n) is 10.3. The van der Waals surface area contributed by atoms with Gasteiger partial charge < -0.3 is 9.84 Å². The first-order valence-corrected chi connectivity index (χ1v) is 6.73. The van der Waals surface area contributed by atoms with E-state index in [2.05, 4.69) is 15.4 Å². The second-order valence-electron chi connectivity index (χ2n) is 5.47. The molecule has 3 rings (SSSR count). The normalized spacial score (nSPS) is 25.2. The summed E-state index contributed by atoms with van der Waals surface area (Å²) in [5.41, 5.74) is 1.44. The molecule has 1 spiro atoms. The van der Waals surface area contributed by atoms with Crippen molar-refractivity contribution >= 4 is 0 Å². The predicted molar refractivity (Wildman–Crippen MR) is 65.6 cm³/mol. The van der Waals surface area contributed by atoms with Gasteiger partial charge in [0.15, 0.2) is 0 Å². The Labute approximate surface area is 102 Å². The molecule has 1 N–H and O–H groups in total. The van der Waals surface area contributed by atoms with Gasteiger partial charge in [-0.25, -0.2) is 0 Å². The molecule has 4 heteroatoms. The van der Waals surface area contributed by atoms with Crippen molar-refractivity contribution in [2.24, 2.45) is 0 Å². The van der Waals surface area contributed by atoms with Crippen molar-refractivity contribution in [1.29, 1.82) is 0 Å². The van der Waals surface area contributed by atoms with Crippen LogP contribution in [0.3, 0.4) is 0 Å². The van der Waals surface area contributed by atoms with E-state index in [4.69, 9.17) is 4.52 Å². The molecular formula is C13H21N3O. The van der Waals surface area contributed by atoms with Crippen molar-refractivity contribution in [3.63, 3.8) is 0 Å². The lowest BCUT2D eigenvalue weighted by Gasteiger charge is -2.46. The van der Waals surface area contributed by atoms with Crippen LogP contribution in [0.1, 0.15) is 37.8 Å². The maximum Gasteiger partial charge on any atom is 0.124 e. The first kappa shape index (κ1) is 11.2. The van der Waals surface area contributed by atoms with Crippen LogP contribution in [0.5, 0.6) is 0 Å². The third kappa shape index (κ3) is 2.53. The van der Waals surface area contributed by atoms with Crippen LogP contribution in [0.2, 0.25) is 0 Å².